The lowest BCUT2D eigenvalue weighted by Gasteiger charge is -2.27. The Hall–Kier alpha value is -0.379. The molecule has 0 spiro atoms. The fourth-order valence-corrected chi connectivity index (χ4v) is 3.51. The molecule has 20 heavy (non-hydrogen) atoms. The molecule has 0 N–H and O–H groups in total. The molecule has 0 aromatic rings. The molecule has 4 nitrogen and oxygen atoms in total. The number of allylic oxidation sites excluding steroid dienone is 1. The SMILES string of the molecule is CCC([SiH3])C(O[Si](C)(C)C)=C(C)C(=O)OO[Si](C)(C)C. The van der Waals surface area contributed by atoms with Gasteiger partial charge in [-0.1, -0.05) is 6.92 Å². The first-order valence-electron chi connectivity index (χ1n) is 7.17. The lowest BCUT2D eigenvalue weighted by atomic mass is 10.2. The highest BCUT2D eigenvalue weighted by Gasteiger charge is 2.26. The van der Waals surface area contributed by atoms with Crippen molar-refractivity contribution in [3.05, 3.63) is 11.3 Å². The molecule has 1 unspecified atom stereocenters. The van der Waals surface area contributed by atoms with Gasteiger partial charge in [-0.05, 0) is 52.6 Å². The van der Waals surface area contributed by atoms with Crippen LogP contribution in [0, 0.1) is 0 Å². The van der Waals surface area contributed by atoms with Gasteiger partial charge in [0, 0.05) is 15.8 Å². The van der Waals surface area contributed by atoms with Crippen molar-refractivity contribution in [2.45, 2.75) is 65.1 Å². The van der Waals surface area contributed by atoms with Gasteiger partial charge in [-0.3, -0.25) is 0 Å². The van der Waals surface area contributed by atoms with Crippen LogP contribution in [0.5, 0.6) is 0 Å². The van der Waals surface area contributed by atoms with Gasteiger partial charge >= 0.3 is 5.97 Å². The molecule has 0 aliphatic heterocycles. The molecule has 0 rings (SSSR count). The van der Waals surface area contributed by atoms with E-state index in [1.54, 1.807) is 6.92 Å². The van der Waals surface area contributed by atoms with E-state index in [0.29, 0.717) is 11.1 Å². The van der Waals surface area contributed by atoms with Gasteiger partial charge in [0.15, 0.2) is 0 Å². The van der Waals surface area contributed by atoms with Crippen LogP contribution in [0.15, 0.2) is 11.3 Å². The minimum absolute atomic E-state index is 0.334. The quantitative estimate of drug-likeness (QED) is 0.236. The Labute approximate surface area is 128 Å². The van der Waals surface area contributed by atoms with Gasteiger partial charge in [-0.2, -0.15) is 0 Å². The van der Waals surface area contributed by atoms with Crippen LogP contribution >= 0.6 is 0 Å². The summed E-state index contributed by atoms with van der Waals surface area (Å²) >= 11 is 0. The molecule has 0 aromatic heterocycles. The van der Waals surface area contributed by atoms with Crippen LogP contribution in [0.1, 0.15) is 20.3 Å². The monoisotopic (exact) mass is 334 g/mol. The van der Waals surface area contributed by atoms with E-state index < -0.39 is 22.6 Å². The zero-order valence-corrected chi connectivity index (χ0v) is 18.4. The molecule has 0 aliphatic carbocycles. The van der Waals surface area contributed by atoms with Crippen LogP contribution in [0.4, 0.5) is 0 Å². The largest absolute Gasteiger partial charge is 0.547 e. The molecule has 0 radical (unpaired) electrons. The Morgan fingerprint density at radius 2 is 1.60 bits per heavy atom. The van der Waals surface area contributed by atoms with E-state index in [2.05, 4.69) is 26.6 Å². The lowest BCUT2D eigenvalue weighted by Crippen LogP contribution is -2.30. The molecule has 0 aliphatic rings. The van der Waals surface area contributed by atoms with E-state index in [1.807, 2.05) is 19.6 Å². The van der Waals surface area contributed by atoms with Crippen LogP contribution in [0.25, 0.3) is 0 Å². The molecule has 1 atom stereocenters. The summed E-state index contributed by atoms with van der Waals surface area (Å²) < 4.78 is 11.3. The van der Waals surface area contributed by atoms with Crippen molar-refractivity contribution in [1.29, 1.82) is 0 Å². The average Bonchev–Trinajstić information content (AvgIpc) is 2.29. The summed E-state index contributed by atoms with van der Waals surface area (Å²) in [5.41, 5.74) is 0.883. The minimum Gasteiger partial charge on any atom is -0.547 e. The molecule has 0 amide bonds. The van der Waals surface area contributed by atoms with Crippen LogP contribution in [-0.2, 0) is 18.7 Å². The third-order valence-corrected chi connectivity index (χ3v) is 5.28. The number of carbonyl (C=O) groups is 1. The Balaban J connectivity index is 5.12. The van der Waals surface area contributed by atoms with Crippen molar-refractivity contribution in [3.63, 3.8) is 0 Å². The average molecular weight is 335 g/mol. The summed E-state index contributed by atoms with van der Waals surface area (Å²) in [4.78, 5) is 17.1. The van der Waals surface area contributed by atoms with Gasteiger partial charge < -0.3 is 9.31 Å². The second kappa shape index (κ2) is 7.58. The summed E-state index contributed by atoms with van der Waals surface area (Å²) in [6.45, 7) is 16.2. The van der Waals surface area contributed by atoms with Crippen molar-refractivity contribution in [3.8, 4) is 0 Å². The first-order valence-corrected chi connectivity index (χ1v) is 15.1. The summed E-state index contributed by atoms with van der Waals surface area (Å²) in [5, 5.41) is 0. The number of hydrogen-bond donors (Lipinski definition) is 0. The van der Waals surface area contributed by atoms with E-state index in [-0.39, 0.29) is 0 Å². The van der Waals surface area contributed by atoms with Crippen molar-refractivity contribution in [2.75, 3.05) is 0 Å². The minimum atomic E-state index is -1.87. The first kappa shape index (κ1) is 19.6. The van der Waals surface area contributed by atoms with Gasteiger partial charge in [0.2, 0.25) is 16.6 Å². The molecule has 0 fully saturated rings. The van der Waals surface area contributed by atoms with Gasteiger partial charge in [-0.15, -0.1) is 0 Å². The van der Waals surface area contributed by atoms with Crippen molar-refractivity contribution >= 4 is 32.8 Å². The third-order valence-electron chi connectivity index (χ3n) is 2.52. The van der Waals surface area contributed by atoms with Crippen LogP contribution in [0.2, 0.25) is 44.8 Å². The standard InChI is InChI=1S/C13H30O4Si3/c1-9-11(18)12(16-19(3,4)5)10(2)13(14)15-17-20(6,7)8/h11H,9H2,1-8,18H3. The molecule has 7 heteroatoms. The number of carbonyl (C=O) groups excluding carboxylic acids is 1. The molecule has 0 aromatic carbocycles. The fourth-order valence-electron chi connectivity index (χ4n) is 1.39. The maximum Gasteiger partial charge on any atom is 0.370 e. The van der Waals surface area contributed by atoms with Crippen molar-refractivity contribution in [2.24, 2.45) is 0 Å². The summed E-state index contributed by atoms with van der Waals surface area (Å²) in [6, 6.07) is 0. The predicted octanol–water partition coefficient (Wildman–Crippen LogP) is 2.99. The molecule has 0 bridgehead atoms. The molecule has 0 heterocycles. The van der Waals surface area contributed by atoms with Gasteiger partial charge in [0.1, 0.15) is 0 Å². The summed E-state index contributed by atoms with van der Waals surface area (Å²) in [6.07, 6.45) is 0.978. The summed E-state index contributed by atoms with van der Waals surface area (Å²) in [7, 11) is -2.66. The maximum atomic E-state index is 12.1. The molecular formula is C13H30O4Si3. The van der Waals surface area contributed by atoms with Crippen molar-refractivity contribution < 1.29 is 18.7 Å². The molecule has 0 saturated heterocycles. The number of hydrogen-bond acceptors (Lipinski definition) is 4. The van der Waals surface area contributed by atoms with Crippen LogP contribution in [0.3, 0.4) is 0 Å². The number of rotatable bonds is 7. The fraction of sp³-hybridized carbons (Fsp3) is 0.769. The first-order chi connectivity index (χ1) is 8.87. The maximum absolute atomic E-state index is 12.1. The van der Waals surface area contributed by atoms with Gasteiger partial charge in [-0.25, -0.2) is 9.37 Å². The van der Waals surface area contributed by atoms with E-state index in [9.17, 15) is 4.79 Å². The second-order valence-electron chi connectivity index (χ2n) is 7.08. The molecule has 118 valence electrons. The van der Waals surface area contributed by atoms with E-state index >= 15 is 0 Å². The third kappa shape index (κ3) is 8.03. The Morgan fingerprint density at radius 1 is 1.10 bits per heavy atom. The zero-order valence-electron chi connectivity index (χ0n) is 14.4. The smallest absolute Gasteiger partial charge is 0.370 e. The van der Waals surface area contributed by atoms with Crippen molar-refractivity contribution in [1.82, 2.24) is 0 Å². The normalized spacial score (nSPS) is 15.6. The Morgan fingerprint density at radius 3 is 1.95 bits per heavy atom. The Bertz CT molecular complexity index is 367. The lowest BCUT2D eigenvalue weighted by molar-refractivity contribution is -0.214. The highest BCUT2D eigenvalue weighted by atomic mass is 28.4. The second-order valence-corrected chi connectivity index (χ2v) is 17.3. The highest BCUT2D eigenvalue weighted by Crippen LogP contribution is 2.27. The zero-order chi connectivity index (χ0) is 16.1. The predicted molar refractivity (Wildman–Crippen MR) is 91.6 cm³/mol. The van der Waals surface area contributed by atoms with Gasteiger partial charge in [0.25, 0.3) is 0 Å². The van der Waals surface area contributed by atoms with E-state index in [4.69, 9.17) is 13.9 Å². The highest BCUT2D eigenvalue weighted by molar-refractivity contribution is 6.70. The van der Waals surface area contributed by atoms with Crippen LogP contribution < -0.4 is 0 Å². The molecule has 0 saturated carbocycles. The molecular weight excluding hydrogens is 304 g/mol. The topological polar surface area (TPSA) is 44.8 Å². The van der Waals surface area contributed by atoms with Gasteiger partial charge in [0.05, 0.1) is 11.3 Å². The van der Waals surface area contributed by atoms with E-state index in [0.717, 1.165) is 22.4 Å². The Kier molecular flexibility index (Phi) is 7.43. The van der Waals surface area contributed by atoms with E-state index in [1.165, 1.54) is 0 Å². The summed E-state index contributed by atoms with van der Waals surface area (Å²) in [5.74, 6) is 0.387. The van der Waals surface area contributed by atoms with Crippen LogP contribution in [-0.4, -0.2) is 32.8 Å².